The number of nitrogens with one attached hydrogen (secondary N) is 1. The Labute approximate surface area is 115 Å². The van der Waals surface area contributed by atoms with Crippen LogP contribution in [0.3, 0.4) is 0 Å². The Morgan fingerprint density at radius 1 is 1.26 bits per heavy atom. The molecular formula is C14H12ClNO3. The van der Waals surface area contributed by atoms with Crippen LogP contribution in [0.5, 0.6) is 5.75 Å². The molecule has 0 saturated carbocycles. The average Bonchev–Trinajstić information content (AvgIpc) is 2.86. The smallest absolute Gasteiger partial charge is 0.287 e. The van der Waals surface area contributed by atoms with Gasteiger partial charge in [-0.3, -0.25) is 4.79 Å². The van der Waals surface area contributed by atoms with Gasteiger partial charge < -0.3 is 14.5 Å². The van der Waals surface area contributed by atoms with Crippen molar-refractivity contribution in [2.24, 2.45) is 0 Å². The zero-order chi connectivity index (χ0) is 13.2. The maximum absolute atomic E-state index is 12.0. The molecule has 4 nitrogen and oxygen atoms in total. The number of amides is 1. The van der Waals surface area contributed by atoms with E-state index >= 15 is 0 Å². The quantitative estimate of drug-likeness (QED) is 0.917. The lowest BCUT2D eigenvalue weighted by atomic mass is 10.0. The number of halogens is 1. The van der Waals surface area contributed by atoms with Gasteiger partial charge >= 0.3 is 0 Å². The predicted molar refractivity (Wildman–Crippen MR) is 70.5 cm³/mol. The van der Waals surface area contributed by atoms with Crippen molar-refractivity contribution in [1.82, 2.24) is 5.32 Å². The van der Waals surface area contributed by atoms with E-state index in [0.29, 0.717) is 6.61 Å². The summed E-state index contributed by atoms with van der Waals surface area (Å²) in [5, 5.41) is 3.14. The minimum Gasteiger partial charge on any atom is -0.493 e. The molecule has 1 atom stereocenters. The summed E-state index contributed by atoms with van der Waals surface area (Å²) < 4.78 is 10.6. The van der Waals surface area contributed by atoms with Gasteiger partial charge in [0.25, 0.3) is 5.91 Å². The molecule has 5 heteroatoms. The third kappa shape index (κ3) is 2.44. The molecule has 1 N–H and O–H groups in total. The van der Waals surface area contributed by atoms with E-state index in [1.807, 2.05) is 24.3 Å². The Hall–Kier alpha value is -1.94. The second-order valence-electron chi connectivity index (χ2n) is 4.30. The maximum atomic E-state index is 12.0. The molecule has 0 radical (unpaired) electrons. The van der Waals surface area contributed by atoms with Crippen LogP contribution < -0.4 is 10.1 Å². The fourth-order valence-corrected chi connectivity index (χ4v) is 2.30. The van der Waals surface area contributed by atoms with E-state index in [0.717, 1.165) is 17.7 Å². The number of hydrogen-bond acceptors (Lipinski definition) is 3. The number of benzene rings is 1. The molecular weight excluding hydrogens is 266 g/mol. The Morgan fingerprint density at radius 3 is 2.89 bits per heavy atom. The Kier molecular flexibility index (Phi) is 3.17. The van der Waals surface area contributed by atoms with Crippen LogP contribution in [0.1, 0.15) is 28.6 Å². The summed E-state index contributed by atoms with van der Waals surface area (Å²) in [5.74, 6) is 0.763. The standard InChI is InChI=1S/C14H12ClNO3/c15-13-6-5-12(19-13)14(17)16-10-7-8-18-11-4-2-1-3-9(10)11/h1-6,10H,7-8H2,(H,16,17)/t10-/m1/s1. The Morgan fingerprint density at radius 2 is 2.11 bits per heavy atom. The molecule has 0 bridgehead atoms. The first-order chi connectivity index (χ1) is 9.24. The average molecular weight is 278 g/mol. The van der Waals surface area contributed by atoms with E-state index in [1.165, 1.54) is 0 Å². The number of rotatable bonds is 2. The highest BCUT2D eigenvalue weighted by Gasteiger charge is 2.24. The van der Waals surface area contributed by atoms with Crippen LogP contribution in [0.2, 0.25) is 5.22 Å². The van der Waals surface area contributed by atoms with E-state index in [4.69, 9.17) is 20.8 Å². The van der Waals surface area contributed by atoms with E-state index in [2.05, 4.69) is 5.32 Å². The highest BCUT2D eigenvalue weighted by Crippen LogP contribution is 2.31. The lowest BCUT2D eigenvalue weighted by Crippen LogP contribution is -2.31. The van der Waals surface area contributed by atoms with E-state index in [-0.39, 0.29) is 22.9 Å². The molecule has 0 saturated heterocycles. The molecule has 1 amide bonds. The zero-order valence-electron chi connectivity index (χ0n) is 10.1. The lowest BCUT2D eigenvalue weighted by molar-refractivity contribution is 0.0897. The molecule has 0 spiro atoms. The van der Waals surface area contributed by atoms with Gasteiger partial charge in [-0.15, -0.1) is 0 Å². The van der Waals surface area contributed by atoms with Crippen LogP contribution in [-0.4, -0.2) is 12.5 Å². The second-order valence-corrected chi connectivity index (χ2v) is 4.68. The van der Waals surface area contributed by atoms with Gasteiger partial charge in [0, 0.05) is 12.0 Å². The first kappa shape index (κ1) is 12.1. The van der Waals surface area contributed by atoms with Crippen molar-refractivity contribution in [1.29, 1.82) is 0 Å². The van der Waals surface area contributed by atoms with Crippen molar-refractivity contribution in [3.63, 3.8) is 0 Å². The van der Waals surface area contributed by atoms with E-state index < -0.39 is 0 Å². The molecule has 2 aromatic rings. The van der Waals surface area contributed by atoms with Crippen molar-refractivity contribution < 1.29 is 13.9 Å². The molecule has 0 fully saturated rings. The summed E-state index contributed by atoms with van der Waals surface area (Å²) in [6.07, 6.45) is 0.733. The summed E-state index contributed by atoms with van der Waals surface area (Å²) in [6.45, 7) is 0.584. The number of hydrogen-bond donors (Lipinski definition) is 1. The predicted octanol–water partition coefficient (Wildman–Crippen LogP) is 3.19. The first-order valence-corrected chi connectivity index (χ1v) is 6.40. The van der Waals surface area contributed by atoms with E-state index in [9.17, 15) is 4.79 Å². The van der Waals surface area contributed by atoms with Gasteiger partial charge in [-0.25, -0.2) is 0 Å². The monoisotopic (exact) mass is 277 g/mol. The summed E-state index contributed by atoms with van der Waals surface area (Å²) in [5.41, 5.74) is 0.986. The molecule has 3 rings (SSSR count). The summed E-state index contributed by atoms with van der Waals surface area (Å²) in [6, 6.07) is 10.7. The highest BCUT2D eigenvalue weighted by molar-refractivity contribution is 6.29. The SMILES string of the molecule is O=C(N[C@@H]1CCOc2ccccc21)c1ccc(Cl)o1. The second kappa shape index (κ2) is 4.97. The van der Waals surface area contributed by atoms with Gasteiger partial charge in [-0.05, 0) is 29.8 Å². The summed E-state index contributed by atoms with van der Waals surface area (Å²) >= 11 is 5.66. The zero-order valence-corrected chi connectivity index (χ0v) is 10.8. The minimum atomic E-state index is -0.270. The molecule has 98 valence electrons. The van der Waals surface area contributed by atoms with Gasteiger partial charge in [0.2, 0.25) is 0 Å². The minimum absolute atomic E-state index is 0.0682. The summed E-state index contributed by atoms with van der Waals surface area (Å²) in [4.78, 5) is 12.0. The molecule has 1 aromatic carbocycles. The van der Waals surface area contributed by atoms with Crippen LogP contribution in [0.15, 0.2) is 40.8 Å². The summed E-state index contributed by atoms with van der Waals surface area (Å²) in [7, 11) is 0. The normalized spacial score (nSPS) is 17.4. The fraction of sp³-hybridized carbons (Fsp3) is 0.214. The van der Waals surface area contributed by atoms with Crippen LogP contribution in [-0.2, 0) is 0 Å². The van der Waals surface area contributed by atoms with Crippen molar-refractivity contribution in [2.75, 3.05) is 6.61 Å². The fourth-order valence-electron chi connectivity index (χ4n) is 2.16. The largest absolute Gasteiger partial charge is 0.493 e. The van der Waals surface area contributed by atoms with Crippen LogP contribution in [0.4, 0.5) is 0 Å². The van der Waals surface area contributed by atoms with Crippen molar-refractivity contribution >= 4 is 17.5 Å². The third-order valence-electron chi connectivity index (χ3n) is 3.06. The number of furan rings is 1. The molecule has 19 heavy (non-hydrogen) atoms. The van der Waals surface area contributed by atoms with Crippen molar-refractivity contribution in [3.05, 3.63) is 52.9 Å². The molecule has 1 aliphatic heterocycles. The van der Waals surface area contributed by atoms with Crippen molar-refractivity contribution in [2.45, 2.75) is 12.5 Å². The number of ether oxygens (including phenoxy) is 1. The highest BCUT2D eigenvalue weighted by atomic mass is 35.5. The molecule has 0 unspecified atom stereocenters. The Balaban J connectivity index is 1.79. The third-order valence-corrected chi connectivity index (χ3v) is 3.26. The Bertz CT molecular complexity index is 608. The number of carbonyl (C=O) groups excluding carboxylic acids is 1. The molecule has 1 aromatic heterocycles. The maximum Gasteiger partial charge on any atom is 0.287 e. The number of para-hydroxylation sites is 1. The molecule has 0 aliphatic carbocycles. The van der Waals surface area contributed by atoms with Crippen molar-refractivity contribution in [3.8, 4) is 5.75 Å². The van der Waals surface area contributed by atoms with Crippen LogP contribution in [0, 0.1) is 0 Å². The number of fused-ring (bicyclic) bond motifs is 1. The van der Waals surface area contributed by atoms with Crippen LogP contribution >= 0.6 is 11.6 Å². The number of carbonyl (C=O) groups is 1. The van der Waals surface area contributed by atoms with E-state index in [1.54, 1.807) is 12.1 Å². The van der Waals surface area contributed by atoms with Gasteiger partial charge in [-0.1, -0.05) is 18.2 Å². The first-order valence-electron chi connectivity index (χ1n) is 6.02. The van der Waals surface area contributed by atoms with Crippen LogP contribution in [0.25, 0.3) is 0 Å². The van der Waals surface area contributed by atoms with Gasteiger partial charge in [0.05, 0.1) is 12.6 Å². The topological polar surface area (TPSA) is 51.5 Å². The van der Waals surface area contributed by atoms with Gasteiger partial charge in [0.1, 0.15) is 5.75 Å². The van der Waals surface area contributed by atoms with Gasteiger partial charge in [0.15, 0.2) is 11.0 Å². The molecule has 1 aliphatic rings. The van der Waals surface area contributed by atoms with Gasteiger partial charge in [-0.2, -0.15) is 0 Å². The molecule has 2 heterocycles. The lowest BCUT2D eigenvalue weighted by Gasteiger charge is -2.26.